The average Bonchev–Trinajstić information content (AvgIpc) is 2.48. The van der Waals surface area contributed by atoms with Crippen LogP contribution < -0.4 is 10.1 Å². The van der Waals surface area contributed by atoms with Crippen LogP contribution in [0.2, 0.25) is 0 Å². The number of hydrogen-bond donors (Lipinski definition) is 2. The van der Waals surface area contributed by atoms with E-state index in [0.717, 1.165) is 22.3 Å². The summed E-state index contributed by atoms with van der Waals surface area (Å²) in [6, 6.07) is 15.9. The first kappa shape index (κ1) is 16.0. The fourth-order valence-electron chi connectivity index (χ4n) is 1.95. The second-order valence-electron chi connectivity index (χ2n) is 4.99. The van der Waals surface area contributed by atoms with Gasteiger partial charge < -0.3 is 15.2 Å². The van der Waals surface area contributed by atoms with Gasteiger partial charge in [0.15, 0.2) is 0 Å². The van der Waals surface area contributed by atoms with Crippen LogP contribution in [0.25, 0.3) is 0 Å². The van der Waals surface area contributed by atoms with Gasteiger partial charge >= 0.3 is 0 Å². The summed E-state index contributed by atoms with van der Waals surface area (Å²) in [6.45, 7) is 3.52. The van der Waals surface area contributed by atoms with Gasteiger partial charge in [0.05, 0.1) is 0 Å². The molecule has 0 aliphatic rings. The molecule has 0 heterocycles. The summed E-state index contributed by atoms with van der Waals surface area (Å²) >= 11 is 3.41. The van der Waals surface area contributed by atoms with E-state index in [1.165, 1.54) is 5.56 Å². The lowest BCUT2D eigenvalue weighted by molar-refractivity contribution is 0.106. The van der Waals surface area contributed by atoms with Crippen molar-refractivity contribution in [2.75, 3.05) is 13.2 Å². The summed E-state index contributed by atoms with van der Waals surface area (Å²) in [6.07, 6.45) is -0.528. The normalized spacial score (nSPS) is 12.1. The largest absolute Gasteiger partial charge is 0.491 e. The van der Waals surface area contributed by atoms with Gasteiger partial charge in [-0.25, -0.2) is 0 Å². The van der Waals surface area contributed by atoms with Crippen molar-refractivity contribution in [1.82, 2.24) is 5.32 Å². The highest BCUT2D eigenvalue weighted by atomic mass is 79.9. The second-order valence-corrected chi connectivity index (χ2v) is 5.90. The predicted octanol–water partition coefficient (Wildman–Crippen LogP) is 3.29. The fourth-order valence-corrected chi connectivity index (χ4v) is 2.21. The lowest BCUT2D eigenvalue weighted by Crippen LogP contribution is -2.31. The number of aryl methyl sites for hydroxylation is 1. The standard InChI is InChI=1S/C17H20BrNO2/c1-13-4-2-3-5-17(13)21-12-16(20)11-19-10-14-6-8-15(18)9-7-14/h2-9,16,19-20H,10-12H2,1H3. The van der Waals surface area contributed by atoms with E-state index in [9.17, 15) is 5.11 Å². The number of aliphatic hydroxyl groups is 1. The van der Waals surface area contributed by atoms with Crippen molar-refractivity contribution in [3.63, 3.8) is 0 Å². The van der Waals surface area contributed by atoms with Crippen LogP contribution in [0.5, 0.6) is 5.75 Å². The molecule has 3 nitrogen and oxygen atoms in total. The van der Waals surface area contributed by atoms with E-state index in [2.05, 4.69) is 21.2 Å². The predicted molar refractivity (Wildman–Crippen MR) is 88.5 cm³/mol. The van der Waals surface area contributed by atoms with E-state index in [0.29, 0.717) is 6.54 Å². The Labute approximate surface area is 134 Å². The van der Waals surface area contributed by atoms with Crippen molar-refractivity contribution in [3.05, 3.63) is 64.1 Å². The van der Waals surface area contributed by atoms with Crippen LogP contribution in [-0.2, 0) is 6.54 Å². The van der Waals surface area contributed by atoms with Gasteiger partial charge in [-0.15, -0.1) is 0 Å². The van der Waals surface area contributed by atoms with E-state index in [-0.39, 0.29) is 6.61 Å². The first-order chi connectivity index (χ1) is 10.1. The molecule has 0 amide bonds. The van der Waals surface area contributed by atoms with E-state index in [1.807, 2.05) is 55.5 Å². The molecule has 0 radical (unpaired) electrons. The van der Waals surface area contributed by atoms with Crippen molar-refractivity contribution in [3.8, 4) is 5.75 Å². The second kappa shape index (κ2) is 8.17. The van der Waals surface area contributed by atoms with Gasteiger partial charge in [0, 0.05) is 17.6 Å². The molecule has 0 saturated carbocycles. The molecule has 0 aromatic heterocycles. The zero-order chi connectivity index (χ0) is 15.1. The van der Waals surface area contributed by atoms with E-state index >= 15 is 0 Å². The summed E-state index contributed by atoms with van der Waals surface area (Å²) in [5.74, 6) is 0.824. The van der Waals surface area contributed by atoms with E-state index in [1.54, 1.807) is 0 Å². The number of aliphatic hydroxyl groups excluding tert-OH is 1. The Morgan fingerprint density at radius 3 is 2.57 bits per heavy atom. The molecule has 2 N–H and O–H groups in total. The minimum Gasteiger partial charge on any atom is -0.491 e. The number of halogens is 1. The first-order valence-corrected chi connectivity index (χ1v) is 7.76. The Morgan fingerprint density at radius 2 is 1.86 bits per heavy atom. The Morgan fingerprint density at radius 1 is 1.14 bits per heavy atom. The molecular formula is C17H20BrNO2. The molecule has 0 aliphatic heterocycles. The number of ether oxygens (including phenoxy) is 1. The number of rotatable bonds is 7. The molecule has 0 saturated heterocycles. The van der Waals surface area contributed by atoms with Crippen LogP contribution in [0.4, 0.5) is 0 Å². The summed E-state index contributed by atoms with van der Waals surface area (Å²) < 4.78 is 6.69. The quantitative estimate of drug-likeness (QED) is 0.805. The summed E-state index contributed by atoms with van der Waals surface area (Å²) in [7, 11) is 0. The SMILES string of the molecule is Cc1ccccc1OCC(O)CNCc1ccc(Br)cc1. The molecule has 1 unspecified atom stereocenters. The van der Waals surface area contributed by atoms with Crippen molar-refractivity contribution in [2.24, 2.45) is 0 Å². The van der Waals surface area contributed by atoms with Gasteiger partial charge in [-0.1, -0.05) is 46.3 Å². The van der Waals surface area contributed by atoms with E-state index in [4.69, 9.17) is 4.74 Å². The van der Waals surface area contributed by atoms with Gasteiger partial charge in [0.25, 0.3) is 0 Å². The van der Waals surface area contributed by atoms with Crippen LogP contribution in [0, 0.1) is 6.92 Å². The van der Waals surface area contributed by atoms with Crippen LogP contribution in [-0.4, -0.2) is 24.4 Å². The number of para-hydroxylation sites is 1. The number of benzene rings is 2. The topological polar surface area (TPSA) is 41.5 Å². The molecule has 0 aliphatic carbocycles. The summed E-state index contributed by atoms with van der Waals surface area (Å²) in [4.78, 5) is 0. The van der Waals surface area contributed by atoms with Gasteiger partial charge in [0.2, 0.25) is 0 Å². The maximum atomic E-state index is 9.93. The molecule has 1 atom stereocenters. The van der Waals surface area contributed by atoms with Gasteiger partial charge in [-0.3, -0.25) is 0 Å². The third kappa shape index (κ3) is 5.50. The molecule has 4 heteroatoms. The molecular weight excluding hydrogens is 330 g/mol. The molecule has 2 aromatic rings. The maximum absolute atomic E-state index is 9.93. The number of hydrogen-bond acceptors (Lipinski definition) is 3. The highest BCUT2D eigenvalue weighted by Gasteiger charge is 2.06. The van der Waals surface area contributed by atoms with Crippen molar-refractivity contribution < 1.29 is 9.84 Å². The smallest absolute Gasteiger partial charge is 0.122 e. The molecule has 112 valence electrons. The highest BCUT2D eigenvalue weighted by molar-refractivity contribution is 9.10. The minimum atomic E-state index is -0.528. The van der Waals surface area contributed by atoms with Crippen molar-refractivity contribution >= 4 is 15.9 Å². The summed E-state index contributed by atoms with van der Waals surface area (Å²) in [5.41, 5.74) is 2.26. The third-order valence-corrected chi connectivity index (χ3v) is 3.68. The van der Waals surface area contributed by atoms with Gasteiger partial charge in [0.1, 0.15) is 18.5 Å². The van der Waals surface area contributed by atoms with Gasteiger partial charge in [-0.05, 0) is 36.2 Å². The third-order valence-electron chi connectivity index (χ3n) is 3.15. The monoisotopic (exact) mass is 349 g/mol. The van der Waals surface area contributed by atoms with Crippen molar-refractivity contribution in [2.45, 2.75) is 19.6 Å². The lowest BCUT2D eigenvalue weighted by atomic mass is 10.2. The summed E-state index contributed by atoms with van der Waals surface area (Å²) in [5, 5.41) is 13.2. The van der Waals surface area contributed by atoms with Crippen molar-refractivity contribution in [1.29, 1.82) is 0 Å². The molecule has 21 heavy (non-hydrogen) atoms. The van der Waals surface area contributed by atoms with Crippen LogP contribution >= 0.6 is 15.9 Å². The average molecular weight is 350 g/mol. The molecule has 2 rings (SSSR count). The van der Waals surface area contributed by atoms with Crippen LogP contribution in [0.3, 0.4) is 0 Å². The molecule has 0 fully saturated rings. The minimum absolute atomic E-state index is 0.290. The van der Waals surface area contributed by atoms with Gasteiger partial charge in [-0.2, -0.15) is 0 Å². The Hall–Kier alpha value is -1.36. The molecule has 0 spiro atoms. The highest BCUT2D eigenvalue weighted by Crippen LogP contribution is 2.16. The Bertz CT molecular complexity index is 557. The van der Waals surface area contributed by atoms with Crippen LogP contribution in [0.1, 0.15) is 11.1 Å². The fraction of sp³-hybridized carbons (Fsp3) is 0.294. The molecule has 2 aromatic carbocycles. The maximum Gasteiger partial charge on any atom is 0.122 e. The molecule has 0 bridgehead atoms. The van der Waals surface area contributed by atoms with E-state index < -0.39 is 6.10 Å². The van der Waals surface area contributed by atoms with Crippen LogP contribution in [0.15, 0.2) is 53.0 Å². The Balaban J connectivity index is 1.69. The zero-order valence-electron chi connectivity index (χ0n) is 12.1. The number of nitrogens with one attached hydrogen (secondary N) is 1. The Kier molecular flexibility index (Phi) is 6.23. The zero-order valence-corrected chi connectivity index (χ0v) is 13.6. The first-order valence-electron chi connectivity index (χ1n) is 6.97. The lowest BCUT2D eigenvalue weighted by Gasteiger charge is -2.14.